The van der Waals surface area contributed by atoms with Gasteiger partial charge in [-0.1, -0.05) is 170 Å². The minimum Gasteiger partial charge on any atom is -0.247 e. The Morgan fingerprint density at radius 1 is 0.259 bits per heavy atom. The van der Waals surface area contributed by atoms with E-state index in [-0.39, 0.29) is 0 Å². The van der Waals surface area contributed by atoms with Crippen LogP contribution in [0.5, 0.6) is 0 Å². The molecule has 8 aromatic carbocycles. The summed E-state index contributed by atoms with van der Waals surface area (Å²) in [7, 11) is 0. The predicted molar refractivity (Wildman–Crippen MR) is 223 cm³/mol. The smallest absolute Gasteiger partial charge is 0.164 e. The summed E-state index contributed by atoms with van der Waals surface area (Å²) in [5.74, 6) is 1.88. The molecule has 54 heavy (non-hydrogen) atoms. The van der Waals surface area contributed by atoms with Gasteiger partial charge in [0.1, 0.15) is 0 Å². The highest BCUT2D eigenvalue weighted by Gasteiger charge is 2.17. The highest BCUT2D eigenvalue weighted by atomic mass is 15.0. The van der Waals surface area contributed by atoms with E-state index in [4.69, 9.17) is 19.9 Å². The molecule has 0 aliphatic rings. The van der Waals surface area contributed by atoms with E-state index in [0.29, 0.717) is 17.5 Å². The van der Waals surface area contributed by atoms with Crippen LogP contribution in [0.4, 0.5) is 0 Å². The molecule has 0 atom stereocenters. The summed E-state index contributed by atoms with van der Waals surface area (Å²) >= 11 is 0. The third kappa shape index (κ3) is 5.76. The molecule has 4 nitrogen and oxygen atoms in total. The van der Waals surface area contributed by atoms with Crippen molar-refractivity contribution < 1.29 is 0 Å². The molecule has 0 aliphatic carbocycles. The van der Waals surface area contributed by atoms with Crippen molar-refractivity contribution in [1.29, 1.82) is 0 Å². The van der Waals surface area contributed by atoms with E-state index in [2.05, 4.69) is 127 Å². The van der Waals surface area contributed by atoms with Gasteiger partial charge in [-0.15, -0.1) is 0 Å². The number of nitrogens with zero attached hydrogens (tertiary/aromatic N) is 4. The summed E-state index contributed by atoms with van der Waals surface area (Å²) in [6.45, 7) is 0. The maximum absolute atomic E-state index is 5.39. The second-order valence-corrected chi connectivity index (χ2v) is 13.5. The molecule has 0 saturated carbocycles. The van der Waals surface area contributed by atoms with Gasteiger partial charge in [-0.25, -0.2) is 19.9 Å². The molecule has 0 spiro atoms. The lowest BCUT2D eigenvalue weighted by Gasteiger charge is -2.15. The van der Waals surface area contributed by atoms with Gasteiger partial charge < -0.3 is 0 Å². The maximum atomic E-state index is 5.39. The highest BCUT2D eigenvalue weighted by Crippen LogP contribution is 2.39. The lowest BCUT2D eigenvalue weighted by Crippen LogP contribution is -2.00. The van der Waals surface area contributed by atoms with Crippen molar-refractivity contribution in [2.75, 3.05) is 0 Å². The molecule has 0 N–H and O–H groups in total. The van der Waals surface area contributed by atoms with Crippen molar-refractivity contribution >= 4 is 32.4 Å². The molecule has 2 aromatic heterocycles. The number of fused-ring (bicyclic) bond motifs is 5. The second-order valence-electron chi connectivity index (χ2n) is 13.5. The Kier molecular flexibility index (Phi) is 7.77. The summed E-state index contributed by atoms with van der Waals surface area (Å²) in [6.07, 6.45) is 0. The van der Waals surface area contributed by atoms with Crippen LogP contribution in [-0.2, 0) is 0 Å². The Balaban J connectivity index is 1.21. The normalized spacial score (nSPS) is 11.3. The average molecular weight is 689 g/mol. The Labute approximate surface area is 313 Å². The first-order valence-electron chi connectivity index (χ1n) is 18.1. The summed E-state index contributed by atoms with van der Waals surface area (Å²) in [5.41, 5.74) is 10.1. The zero-order valence-corrected chi connectivity index (χ0v) is 29.3. The predicted octanol–water partition coefficient (Wildman–Crippen LogP) is 12.7. The Morgan fingerprint density at radius 3 is 1.37 bits per heavy atom. The number of hydrogen-bond donors (Lipinski definition) is 0. The van der Waals surface area contributed by atoms with Crippen LogP contribution < -0.4 is 0 Å². The van der Waals surface area contributed by atoms with Crippen molar-refractivity contribution in [2.24, 2.45) is 0 Å². The number of rotatable bonds is 6. The molecule has 0 aliphatic heterocycles. The van der Waals surface area contributed by atoms with Crippen LogP contribution in [0.2, 0.25) is 0 Å². The van der Waals surface area contributed by atoms with E-state index in [0.717, 1.165) is 66.5 Å². The van der Waals surface area contributed by atoms with E-state index < -0.39 is 0 Å². The number of pyridine rings is 1. The third-order valence-corrected chi connectivity index (χ3v) is 10.1. The lowest BCUT2D eigenvalue weighted by atomic mass is 9.92. The van der Waals surface area contributed by atoms with E-state index in [1.54, 1.807) is 0 Å². The standard InChI is InChI=1S/C50H32N4/c1-5-15-33(16-6-1)39-29-40(31-41(30-39)50-53-48(36-20-9-3-10-21-36)52-49(54-50)37-22-11-4-12-23-37)38-26-27-43-45(32-38)51-47(35-18-7-2-8-19-35)44-28-25-34-17-13-14-24-42(34)46(43)44/h1-32H. The molecule has 252 valence electrons. The van der Waals surface area contributed by atoms with Crippen molar-refractivity contribution in [3.8, 4) is 67.7 Å². The van der Waals surface area contributed by atoms with Gasteiger partial charge in [0, 0.05) is 38.4 Å². The molecule has 0 amide bonds. The van der Waals surface area contributed by atoms with Crippen molar-refractivity contribution in [3.05, 3.63) is 194 Å². The number of aromatic nitrogens is 4. The zero-order valence-electron chi connectivity index (χ0n) is 29.3. The quantitative estimate of drug-likeness (QED) is 0.163. The lowest BCUT2D eigenvalue weighted by molar-refractivity contribution is 1.07. The van der Waals surface area contributed by atoms with Crippen molar-refractivity contribution in [3.63, 3.8) is 0 Å². The van der Waals surface area contributed by atoms with Crippen LogP contribution in [0.15, 0.2) is 194 Å². The molecule has 10 aromatic rings. The Bertz CT molecular complexity index is 2910. The van der Waals surface area contributed by atoms with Gasteiger partial charge in [0.25, 0.3) is 0 Å². The van der Waals surface area contributed by atoms with E-state index in [9.17, 15) is 0 Å². The molecule has 10 rings (SSSR count). The molecule has 0 fully saturated rings. The van der Waals surface area contributed by atoms with Crippen LogP contribution >= 0.6 is 0 Å². The van der Waals surface area contributed by atoms with Gasteiger partial charge in [-0.05, 0) is 57.3 Å². The monoisotopic (exact) mass is 688 g/mol. The van der Waals surface area contributed by atoms with Crippen LogP contribution in [-0.4, -0.2) is 19.9 Å². The molecule has 0 bridgehead atoms. The third-order valence-electron chi connectivity index (χ3n) is 10.1. The summed E-state index contributed by atoms with van der Waals surface area (Å²) in [5, 5.41) is 5.92. The van der Waals surface area contributed by atoms with Crippen molar-refractivity contribution in [2.45, 2.75) is 0 Å². The highest BCUT2D eigenvalue weighted by molar-refractivity contribution is 6.22. The first kappa shape index (κ1) is 31.4. The minimum absolute atomic E-state index is 0.615. The van der Waals surface area contributed by atoms with Crippen LogP contribution in [0.1, 0.15) is 0 Å². The largest absolute Gasteiger partial charge is 0.247 e. The number of hydrogen-bond acceptors (Lipinski definition) is 4. The molecular weight excluding hydrogens is 657 g/mol. The first-order chi connectivity index (χ1) is 26.7. The Morgan fingerprint density at radius 2 is 0.741 bits per heavy atom. The van der Waals surface area contributed by atoms with Crippen LogP contribution in [0, 0.1) is 0 Å². The fourth-order valence-corrected chi connectivity index (χ4v) is 7.43. The average Bonchev–Trinajstić information content (AvgIpc) is 3.26. The zero-order chi connectivity index (χ0) is 35.8. The number of benzene rings is 8. The van der Waals surface area contributed by atoms with Gasteiger partial charge in [-0.3, -0.25) is 0 Å². The fraction of sp³-hybridized carbons (Fsp3) is 0. The van der Waals surface area contributed by atoms with Gasteiger partial charge in [-0.2, -0.15) is 0 Å². The van der Waals surface area contributed by atoms with Gasteiger partial charge >= 0.3 is 0 Å². The second kappa shape index (κ2) is 13.4. The SMILES string of the molecule is c1ccc(-c2cc(-c3ccc4c(c3)nc(-c3ccccc3)c3ccc5ccccc5c34)cc(-c3nc(-c4ccccc4)nc(-c4ccccc4)n3)c2)cc1. The van der Waals surface area contributed by atoms with E-state index in [1.807, 2.05) is 66.7 Å². The molecule has 0 radical (unpaired) electrons. The first-order valence-corrected chi connectivity index (χ1v) is 18.1. The fourth-order valence-electron chi connectivity index (χ4n) is 7.43. The summed E-state index contributed by atoms with van der Waals surface area (Å²) in [6, 6.07) is 67.6. The topological polar surface area (TPSA) is 51.6 Å². The maximum Gasteiger partial charge on any atom is 0.164 e. The molecule has 2 heterocycles. The summed E-state index contributed by atoms with van der Waals surface area (Å²) < 4.78 is 0. The molecular formula is C50H32N4. The van der Waals surface area contributed by atoms with Crippen molar-refractivity contribution in [1.82, 2.24) is 19.9 Å². The minimum atomic E-state index is 0.615. The molecule has 0 unspecified atom stereocenters. The summed E-state index contributed by atoms with van der Waals surface area (Å²) in [4.78, 5) is 20.5. The van der Waals surface area contributed by atoms with Crippen LogP contribution in [0.3, 0.4) is 0 Å². The molecule has 0 saturated heterocycles. The van der Waals surface area contributed by atoms with E-state index in [1.165, 1.54) is 16.2 Å². The van der Waals surface area contributed by atoms with Gasteiger partial charge in [0.05, 0.1) is 11.2 Å². The van der Waals surface area contributed by atoms with Gasteiger partial charge in [0.15, 0.2) is 17.5 Å². The van der Waals surface area contributed by atoms with Gasteiger partial charge in [0.2, 0.25) is 0 Å². The van der Waals surface area contributed by atoms with E-state index >= 15 is 0 Å². The molecule has 4 heteroatoms. The van der Waals surface area contributed by atoms with Crippen LogP contribution in [0.25, 0.3) is 100 Å². The Hall–Kier alpha value is -7.30.